The summed E-state index contributed by atoms with van der Waals surface area (Å²) in [6, 6.07) is 7.91. The van der Waals surface area contributed by atoms with E-state index in [1.807, 2.05) is 19.1 Å². The first kappa shape index (κ1) is 19.0. The van der Waals surface area contributed by atoms with Crippen molar-refractivity contribution >= 4 is 22.9 Å². The van der Waals surface area contributed by atoms with Crippen LogP contribution in [0.25, 0.3) is 11.0 Å². The Morgan fingerprint density at radius 3 is 2.59 bits per heavy atom. The highest BCUT2D eigenvalue weighted by atomic mass is 16.4. The number of hydrogen-bond acceptors (Lipinski definition) is 5. The number of imide groups is 1. The molecule has 1 N–H and O–H groups in total. The summed E-state index contributed by atoms with van der Waals surface area (Å²) in [7, 11) is 0. The van der Waals surface area contributed by atoms with Crippen LogP contribution in [0.3, 0.4) is 0 Å². The number of carbonyl (C=O) groups excluding carboxylic acids is 2. The largest absolute Gasteiger partial charge is 0.466 e. The second kappa shape index (κ2) is 6.62. The number of amides is 3. The van der Waals surface area contributed by atoms with Gasteiger partial charge in [-0.25, -0.2) is 9.59 Å². The fourth-order valence-corrected chi connectivity index (χ4v) is 3.89. The summed E-state index contributed by atoms with van der Waals surface area (Å²) in [5.41, 5.74) is 1.33. The molecule has 7 heteroatoms. The van der Waals surface area contributed by atoms with Crippen molar-refractivity contribution in [1.29, 1.82) is 0 Å². The number of urea groups is 1. The van der Waals surface area contributed by atoms with Gasteiger partial charge in [0.25, 0.3) is 5.91 Å². The Balaban J connectivity index is 1.78. The first-order valence-electron chi connectivity index (χ1n) is 9.46. The van der Waals surface area contributed by atoms with Gasteiger partial charge in [0, 0.05) is 11.5 Å². The van der Waals surface area contributed by atoms with Crippen LogP contribution in [0.4, 0.5) is 4.79 Å². The van der Waals surface area contributed by atoms with Crippen LogP contribution in [0.5, 0.6) is 0 Å². The average Bonchev–Trinajstić information content (AvgIpc) is 3.25. The Kier molecular flexibility index (Phi) is 4.33. The zero-order chi connectivity index (χ0) is 20.9. The minimum absolute atomic E-state index is 0.0380. The zero-order valence-electron chi connectivity index (χ0n) is 16.7. The molecule has 1 aromatic carbocycles. The molecule has 4 rings (SSSR count). The number of nitrogens with one attached hydrogen (secondary N) is 1. The Labute approximate surface area is 167 Å². The van der Waals surface area contributed by atoms with Gasteiger partial charge < -0.3 is 14.2 Å². The van der Waals surface area contributed by atoms with Gasteiger partial charge in [0.1, 0.15) is 11.3 Å². The third-order valence-electron chi connectivity index (χ3n) is 5.46. The van der Waals surface area contributed by atoms with Crippen molar-refractivity contribution in [3.63, 3.8) is 0 Å². The van der Waals surface area contributed by atoms with E-state index >= 15 is 0 Å². The highest BCUT2D eigenvalue weighted by Gasteiger charge is 2.51. The van der Waals surface area contributed by atoms with E-state index in [0.717, 1.165) is 16.0 Å². The zero-order valence-corrected chi connectivity index (χ0v) is 16.7. The SMILES string of the molecule is Cc1cc2oc(=O)cc(CN3C(=O)NC(C)(c4ccco4)C3=O)c2cc1C(C)C. The van der Waals surface area contributed by atoms with Crippen molar-refractivity contribution in [2.45, 2.75) is 45.7 Å². The van der Waals surface area contributed by atoms with E-state index in [9.17, 15) is 14.4 Å². The van der Waals surface area contributed by atoms with Crippen LogP contribution in [0.15, 0.2) is 50.2 Å². The smallest absolute Gasteiger partial charge is 0.336 e. The maximum Gasteiger partial charge on any atom is 0.336 e. The number of rotatable bonds is 4. The van der Waals surface area contributed by atoms with Crippen LogP contribution in [-0.2, 0) is 16.9 Å². The quantitative estimate of drug-likeness (QED) is 0.537. The fraction of sp³-hybridized carbons (Fsp3) is 0.318. The lowest BCUT2D eigenvalue weighted by Crippen LogP contribution is -2.40. The molecule has 3 amide bonds. The molecule has 0 radical (unpaired) electrons. The van der Waals surface area contributed by atoms with E-state index in [2.05, 4.69) is 19.2 Å². The molecule has 29 heavy (non-hydrogen) atoms. The predicted octanol–water partition coefficient (Wildman–Crippen LogP) is 3.79. The van der Waals surface area contributed by atoms with E-state index < -0.39 is 23.1 Å². The summed E-state index contributed by atoms with van der Waals surface area (Å²) in [6.07, 6.45) is 1.45. The Morgan fingerprint density at radius 2 is 1.93 bits per heavy atom. The molecule has 1 aliphatic heterocycles. The minimum Gasteiger partial charge on any atom is -0.466 e. The van der Waals surface area contributed by atoms with Gasteiger partial charge in [0.2, 0.25) is 0 Å². The number of aryl methyl sites for hydroxylation is 1. The van der Waals surface area contributed by atoms with E-state index in [4.69, 9.17) is 8.83 Å². The molecule has 150 valence electrons. The molecule has 7 nitrogen and oxygen atoms in total. The van der Waals surface area contributed by atoms with E-state index in [1.165, 1.54) is 12.3 Å². The molecule has 0 aliphatic carbocycles. The summed E-state index contributed by atoms with van der Waals surface area (Å²) in [5, 5.41) is 3.41. The number of fused-ring (bicyclic) bond motifs is 1. The highest BCUT2D eigenvalue weighted by molar-refractivity contribution is 6.07. The first-order chi connectivity index (χ1) is 13.7. The maximum atomic E-state index is 13.1. The van der Waals surface area contributed by atoms with E-state index in [-0.39, 0.29) is 12.5 Å². The molecule has 1 saturated heterocycles. The first-order valence-corrected chi connectivity index (χ1v) is 9.46. The monoisotopic (exact) mass is 394 g/mol. The highest BCUT2D eigenvalue weighted by Crippen LogP contribution is 2.32. The minimum atomic E-state index is -1.28. The summed E-state index contributed by atoms with van der Waals surface area (Å²) < 4.78 is 10.7. The number of carbonyl (C=O) groups is 2. The van der Waals surface area contributed by atoms with Crippen LogP contribution in [0, 0.1) is 6.92 Å². The van der Waals surface area contributed by atoms with Crippen molar-refractivity contribution in [2.24, 2.45) is 0 Å². The Morgan fingerprint density at radius 1 is 1.17 bits per heavy atom. The molecule has 0 saturated carbocycles. The van der Waals surface area contributed by atoms with E-state index in [0.29, 0.717) is 22.3 Å². The van der Waals surface area contributed by atoms with Gasteiger partial charge in [-0.1, -0.05) is 13.8 Å². The number of nitrogens with zero attached hydrogens (tertiary/aromatic N) is 1. The van der Waals surface area contributed by atoms with Crippen molar-refractivity contribution < 1.29 is 18.4 Å². The average molecular weight is 394 g/mol. The van der Waals surface area contributed by atoms with Crippen LogP contribution in [-0.4, -0.2) is 16.8 Å². The standard InChI is InChI=1S/C22H22N2O5/c1-12(2)15-10-16-14(9-19(25)29-17(16)8-13(15)3)11-24-20(26)22(4,23-21(24)27)18-6-5-7-28-18/h5-10,12H,11H2,1-4H3,(H,23,27). The molecule has 1 aliphatic rings. The van der Waals surface area contributed by atoms with E-state index in [1.54, 1.807) is 19.1 Å². The van der Waals surface area contributed by atoms with Gasteiger partial charge in [-0.3, -0.25) is 9.69 Å². The summed E-state index contributed by atoms with van der Waals surface area (Å²) in [5.74, 6) is 0.196. The maximum absolute atomic E-state index is 13.1. The van der Waals surface area contributed by atoms with Gasteiger partial charge in [0.05, 0.1) is 12.8 Å². The predicted molar refractivity (Wildman–Crippen MR) is 106 cm³/mol. The van der Waals surface area contributed by atoms with Crippen molar-refractivity contribution in [2.75, 3.05) is 0 Å². The molecule has 0 bridgehead atoms. The summed E-state index contributed by atoms with van der Waals surface area (Å²) >= 11 is 0. The van der Waals surface area contributed by atoms with Crippen molar-refractivity contribution in [3.05, 3.63) is 69.5 Å². The second-order valence-corrected chi connectivity index (χ2v) is 7.87. The lowest BCUT2D eigenvalue weighted by molar-refractivity contribution is -0.132. The number of benzene rings is 1. The van der Waals surface area contributed by atoms with Crippen LogP contribution >= 0.6 is 0 Å². The second-order valence-electron chi connectivity index (χ2n) is 7.87. The lowest BCUT2D eigenvalue weighted by atomic mass is 9.94. The molecule has 1 unspecified atom stereocenters. The van der Waals surface area contributed by atoms with Gasteiger partial charge in [-0.05, 0) is 60.7 Å². The lowest BCUT2D eigenvalue weighted by Gasteiger charge is -2.19. The summed E-state index contributed by atoms with van der Waals surface area (Å²) in [6.45, 7) is 7.69. The normalized spacial score (nSPS) is 19.4. The van der Waals surface area contributed by atoms with Crippen molar-refractivity contribution in [1.82, 2.24) is 10.2 Å². The van der Waals surface area contributed by atoms with Crippen molar-refractivity contribution in [3.8, 4) is 0 Å². The molecular weight excluding hydrogens is 372 g/mol. The third kappa shape index (κ3) is 3.03. The number of furan rings is 1. The van der Waals surface area contributed by atoms with Crippen LogP contribution in [0.2, 0.25) is 0 Å². The molecule has 1 fully saturated rings. The number of hydrogen-bond donors (Lipinski definition) is 1. The van der Waals surface area contributed by atoms with Gasteiger partial charge in [0.15, 0.2) is 5.54 Å². The molecular formula is C22H22N2O5. The van der Waals surface area contributed by atoms with Gasteiger partial charge >= 0.3 is 11.7 Å². The topological polar surface area (TPSA) is 92.8 Å². The third-order valence-corrected chi connectivity index (χ3v) is 5.46. The Hall–Kier alpha value is -3.35. The molecule has 3 aromatic rings. The molecule has 0 spiro atoms. The summed E-state index contributed by atoms with van der Waals surface area (Å²) in [4.78, 5) is 38.9. The van der Waals surface area contributed by atoms with Gasteiger partial charge in [-0.15, -0.1) is 0 Å². The molecule has 3 heterocycles. The molecule has 1 atom stereocenters. The van der Waals surface area contributed by atoms with Crippen LogP contribution in [0.1, 0.15) is 49.1 Å². The van der Waals surface area contributed by atoms with Gasteiger partial charge in [-0.2, -0.15) is 0 Å². The Bertz CT molecular complexity index is 1180. The van der Waals surface area contributed by atoms with Crippen LogP contribution < -0.4 is 10.9 Å². The molecule has 2 aromatic heterocycles. The fourth-order valence-electron chi connectivity index (χ4n) is 3.89.